The molecule has 0 saturated heterocycles. The summed E-state index contributed by atoms with van der Waals surface area (Å²) in [5.74, 6) is -0.410. The number of unbranched alkanes of at least 4 members (excludes halogenated alkanes) is 1. The van der Waals surface area contributed by atoms with E-state index in [4.69, 9.17) is 0 Å². The molecule has 0 fully saturated rings. The van der Waals surface area contributed by atoms with E-state index in [-0.39, 0.29) is 24.2 Å². The van der Waals surface area contributed by atoms with Crippen LogP contribution in [0.1, 0.15) is 42.9 Å². The highest BCUT2D eigenvalue weighted by Crippen LogP contribution is 2.19. The lowest BCUT2D eigenvalue weighted by atomic mass is 10.1. The molecule has 0 aliphatic rings. The predicted octanol–water partition coefficient (Wildman–Crippen LogP) is 6.14. The Morgan fingerprint density at radius 1 is 0.789 bits per heavy atom. The molecule has 0 bridgehead atoms. The summed E-state index contributed by atoms with van der Waals surface area (Å²) in [5, 5.41) is 1.14. The Labute approximate surface area is 224 Å². The lowest BCUT2D eigenvalue weighted by molar-refractivity contribution is -0.141. The Balaban J connectivity index is 1.47. The van der Waals surface area contributed by atoms with Crippen LogP contribution in [-0.2, 0) is 29.0 Å². The third kappa shape index (κ3) is 7.54. The topological polar surface area (TPSA) is 56.4 Å². The summed E-state index contributed by atoms with van der Waals surface area (Å²) in [6.45, 7) is 3.54. The van der Waals surface area contributed by atoms with E-state index >= 15 is 0 Å². The van der Waals surface area contributed by atoms with Crippen LogP contribution in [0.3, 0.4) is 0 Å². The molecule has 0 saturated carbocycles. The molecule has 1 N–H and O–H groups in total. The molecular formula is C32H36FN3O2. The number of aryl methyl sites for hydroxylation is 1. The number of rotatable bonds is 13. The molecule has 6 heteroatoms. The summed E-state index contributed by atoms with van der Waals surface area (Å²) >= 11 is 0. The average Bonchev–Trinajstić information content (AvgIpc) is 3.36. The van der Waals surface area contributed by atoms with Crippen molar-refractivity contribution in [3.8, 4) is 0 Å². The fourth-order valence-corrected chi connectivity index (χ4v) is 4.65. The minimum atomic E-state index is -0.305. The number of nitrogens with one attached hydrogen (secondary N) is 1. The number of hydrogen-bond acceptors (Lipinski definition) is 2. The third-order valence-electron chi connectivity index (χ3n) is 6.90. The third-order valence-corrected chi connectivity index (χ3v) is 6.90. The number of aromatic amines is 1. The average molecular weight is 514 g/mol. The van der Waals surface area contributed by atoms with Crippen molar-refractivity contribution in [2.45, 2.75) is 45.6 Å². The Morgan fingerprint density at radius 3 is 2.29 bits per heavy atom. The second-order valence-electron chi connectivity index (χ2n) is 9.71. The minimum absolute atomic E-state index is 0.00554. The van der Waals surface area contributed by atoms with E-state index in [1.165, 1.54) is 12.1 Å². The lowest BCUT2D eigenvalue weighted by Gasteiger charge is -2.28. The molecule has 5 nitrogen and oxygen atoms in total. The molecule has 4 rings (SSSR count). The second kappa shape index (κ2) is 13.6. The molecule has 4 aromatic rings. The molecule has 0 unspecified atom stereocenters. The van der Waals surface area contributed by atoms with Gasteiger partial charge >= 0.3 is 0 Å². The minimum Gasteiger partial charge on any atom is -0.361 e. The van der Waals surface area contributed by atoms with Crippen molar-refractivity contribution >= 4 is 22.7 Å². The monoisotopic (exact) mass is 513 g/mol. The van der Waals surface area contributed by atoms with Gasteiger partial charge in [0.2, 0.25) is 11.8 Å². The molecule has 0 spiro atoms. The zero-order valence-electron chi connectivity index (χ0n) is 22.0. The lowest BCUT2D eigenvalue weighted by Crippen LogP contribution is -2.43. The van der Waals surface area contributed by atoms with Gasteiger partial charge < -0.3 is 14.8 Å². The van der Waals surface area contributed by atoms with Gasteiger partial charge in [-0.2, -0.15) is 0 Å². The molecule has 0 aliphatic heterocycles. The highest BCUT2D eigenvalue weighted by Gasteiger charge is 2.22. The van der Waals surface area contributed by atoms with E-state index < -0.39 is 0 Å². The molecule has 3 aromatic carbocycles. The molecule has 2 amide bonds. The van der Waals surface area contributed by atoms with Gasteiger partial charge in [-0.05, 0) is 54.2 Å². The second-order valence-corrected chi connectivity index (χ2v) is 9.71. The zero-order valence-corrected chi connectivity index (χ0v) is 22.0. The maximum Gasteiger partial charge on any atom is 0.242 e. The largest absolute Gasteiger partial charge is 0.361 e. The number of benzene rings is 3. The van der Waals surface area contributed by atoms with Crippen LogP contribution in [0.25, 0.3) is 10.9 Å². The van der Waals surface area contributed by atoms with E-state index in [1.807, 2.05) is 54.7 Å². The van der Waals surface area contributed by atoms with E-state index in [9.17, 15) is 14.0 Å². The van der Waals surface area contributed by atoms with Crippen LogP contribution in [0.4, 0.5) is 4.39 Å². The summed E-state index contributed by atoms with van der Waals surface area (Å²) in [7, 11) is 0. The molecule has 38 heavy (non-hydrogen) atoms. The van der Waals surface area contributed by atoms with Gasteiger partial charge in [0.15, 0.2) is 0 Å². The van der Waals surface area contributed by atoms with Crippen molar-refractivity contribution in [1.82, 2.24) is 14.8 Å². The molecule has 198 valence electrons. The Morgan fingerprint density at radius 2 is 1.53 bits per heavy atom. The smallest absolute Gasteiger partial charge is 0.242 e. The zero-order chi connectivity index (χ0) is 26.7. The van der Waals surface area contributed by atoms with Crippen molar-refractivity contribution in [2.75, 3.05) is 19.6 Å². The maximum absolute atomic E-state index is 13.6. The summed E-state index contributed by atoms with van der Waals surface area (Å²) in [5.41, 5.74) is 4.17. The van der Waals surface area contributed by atoms with Crippen molar-refractivity contribution in [3.05, 3.63) is 108 Å². The highest BCUT2D eigenvalue weighted by atomic mass is 19.1. The molecule has 0 radical (unpaired) electrons. The van der Waals surface area contributed by atoms with Gasteiger partial charge in [0.1, 0.15) is 5.82 Å². The number of fused-ring (bicyclic) bond motifs is 1. The van der Waals surface area contributed by atoms with Crippen molar-refractivity contribution in [3.63, 3.8) is 0 Å². The Hall–Kier alpha value is -3.93. The number of halogens is 1. The molecule has 0 atom stereocenters. The van der Waals surface area contributed by atoms with Gasteiger partial charge in [-0.25, -0.2) is 4.39 Å². The van der Waals surface area contributed by atoms with Gasteiger partial charge in [-0.1, -0.05) is 74.0 Å². The number of carbonyl (C=O) groups is 2. The number of amides is 2. The number of para-hydroxylation sites is 1. The van der Waals surface area contributed by atoms with Gasteiger partial charge in [0, 0.05) is 43.2 Å². The Bertz CT molecular complexity index is 1320. The number of nitrogens with zero attached hydrogens (tertiary/aromatic N) is 2. The number of aromatic nitrogens is 1. The van der Waals surface area contributed by atoms with Gasteiger partial charge in [0.05, 0.1) is 6.54 Å². The van der Waals surface area contributed by atoms with Crippen molar-refractivity contribution < 1.29 is 14.0 Å². The first-order chi connectivity index (χ1) is 18.5. The van der Waals surface area contributed by atoms with E-state index in [1.54, 1.807) is 21.9 Å². The molecule has 1 aromatic heterocycles. The van der Waals surface area contributed by atoms with Gasteiger partial charge in [-0.15, -0.1) is 0 Å². The Kier molecular flexibility index (Phi) is 9.68. The van der Waals surface area contributed by atoms with Crippen molar-refractivity contribution in [2.24, 2.45) is 0 Å². The SMILES string of the molecule is CCCCN(CC(=O)N(CCc1c[nH]c2ccccc12)Cc1ccc(F)cc1)C(=O)CCc1ccccc1. The first kappa shape index (κ1) is 27.1. The van der Waals surface area contributed by atoms with Gasteiger partial charge in [0.25, 0.3) is 0 Å². The van der Waals surface area contributed by atoms with E-state index in [2.05, 4.69) is 18.0 Å². The van der Waals surface area contributed by atoms with Gasteiger partial charge in [-0.3, -0.25) is 9.59 Å². The van der Waals surface area contributed by atoms with Crippen LogP contribution in [0, 0.1) is 5.82 Å². The van der Waals surface area contributed by atoms with Crippen LogP contribution < -0.4 is 0 Å². The summed E-state index contributed by atoms with van der Waals surface area (Å²) in [4.78, 5) is 33.6. The van der Waals surface area contributed by atoms with E-state index in [0.29, 0.717) is 38.9 Å². The van der Waals surface area contributed by atoms with Crippen molar-refractivity contribution in [1.29, 1.82) is 0 Å². The van der Waals surface area contributed by atoms with Crippen LogP contribution >= 0.6 is 0 Å². The fraction of sp³-hybridized carbons (Fsp3) is 0.312. The standard InChI is InChI=1S/C32H36FN3O2/c1-2-3-20-35(31(37)18-15-25-9-5-4-6-10-25)24-32(38)36(23-26-13-16-28(33)17-14-26)21-19-27-22-34-30-12-8-7-11-29(27)30/h4-14,16-17,22,34H,2-3,15,18-21,23-24H2,1H3. The highest BCUT2D eigenvalue weighted by molar-refractivity contribution is 5.85. The van der Waals surface area contributed by atoms with Crippen LogP contribution in [0.15, 0.2) is 85.1 Å². The molecule has 1 heterocycles. The predicted molar refractivity (Wildman–Crippen MR) is 150 cm³/mol. The van der Waals surface area contributed by atoms with Crippen LogP contribution in [0.5, 0.6) is 0 Å². The molecule has 0 aliphatic carbocycles. The van der Waals surface area contributed by atoms with E-state index in [0.717, 1.165) is 40.4 Å². The number of H-pyrrole nitrogens is 1. The number of carbonyl (C=O) groups excluding carboxylic acids is 2. The summed E-state index contributed by atoms with van der Waals surface area (Å²) in [6, 6.07) is 24.3. The fourth-order valence-electron chi connectivity index (χ4n) is 4.65. The first-order valence-corrected chi connectivity index (χ1v) is 13.4. The first-order valence-electron chi connectivity index (χ1n) is 13.4. The quantitative estimate of drug-likeness (QED) is 0.233. The summed E-state index contributed by atoms with van der Waals surface area (Å²) in [6.07, 6.45) is 5.47. The molecular weight excluding hydrogens is 477 g/mol. The van der Waals surface area contributed by atoms with Crippen LogP contribution in [-0.4, -0.2) is 46.2 Å². The summed E-state index contributed by atoms with van der Waals surface area (Å²) < 4.78 is 13.5. The normalized spacial score (nSPS) is 11.0. The maximum atomic E-state index is 13.6. The van der Waals surface area contributed by atoms with Crippen LogP contribution in [0.2, 0.25) is 0 Å². The number of hydrogen-bond donors (Lipinski definition) is 1.